The largest absolute Gasteiger partial charge is 0.416 e. The molecule has 1 heterocycles. The molecule has 2 atom stereocenters. The first-order chi connectivity index (χ1) is 10.9. The number of rotatable bonds is 4. The smallest absolute Gasteiger partial charge is 0.392 e. The normalized spacial score (nSPS) is 22.4. The number of aliphatic hydroxyl groups excluding tert-OH is 1. The van der Waals surface area contributed by atoms with Gasteiger partial charge in [0.2, 0.25) is 5.91 Å². The van der Waals surface area contributed by atoms with Gasteiger partial charge in [0.1, 0.15) is 0 Å². The molecule has 1 aliphatic rings. The average Bonchev–Trinajstić information content (AvgIpc) is 2.69. The van der Waals surface area contributed by atoms with Crippen LogP contribution in [0.5, 0.6) is 0 Å². The third-order valence-corrected chi connectivity index (χ3v) is 3.93. The molecule has 0 saturated carbocycles. The van der Waals surface area contributed by atoms with Crippen molar-refractivity contribution in [1.82, 2.24) is 10.6 Å². The number of aryl methyl sites for hydroxylation is 1. The molecule has 0 spiro atoms. The zero-order valence-electron chi connectivity index (χ0n) is 12.7. The Labute approximate surface area is 133 Å². The van der Waals surface area contributed by atoms with Crippen LogP contribution in [0.3, 0.4) is 0 Å². The fourth-order valence-corrected chi connectivity index (χ4v) is 2.71. The minimum absolute atomic E-state index is 0.00610. The maximum Gasteiger partial charge on any atom is 0.416 e. The van der Waals surface area contributed by atoms with E-state index in [-0.39, 0.29) is 30.4 Å². The van der Waals surface area contributed by atoms with E-state index in [1.165, 1.54) is 12.1 Å². The van der Waals surface area contributed by atoms with E-state index in [4.69, 9.17) is 0 Å². The zero-order chi connectivity index (χ0) is 16.9. The molecule has 2 rings (SSSR count). The van der Waals surface area contributed by atoms with E-state index in [9.17, 15) is 23.1 Å². The summed E-state index contributed by atoms with van der Waals surface area (Å²) in [6.07, 6.45) is -3.53. The van der Waals surface area contributed by atoms with Gasteiger partial charge < -0.3 is 15.7 Å². The van der Waals surface area contributed by atoms with Crippen LogP contribution in [-0.2, 0) is 17.4 Å². The van der Waals surface area contributed by atoms with Crippen LogP contribution in [0, 0.1) is 0 Å². The first-order valence-corrected chi connectivity index (χ1v) is 7.69. The van der Waals surface area contributed by atoms with E-state index in [0.29, 0.717) is 25.9 Å². The van der Waals surface area contributed by atoms with Gasteiger partial charge in [0.05, 0.1) is 11.7 Å². The molecule has 1 saturated heterocycles. The molecule has 3 N–H and O–H groups in total. The van der Waals surface area contributed by atoms with Crippen molar-refractivity contribution in [2.45, 2.75) is 44.0 Å². The SMILES string of the molecule is O=C(CCc1ccccc1C(F)(F)F)N[C@H]1CC[C@@H](O)CNC1. The highest BCUT2D eigenvalue weighted by Crippen LogP contribution is 2.32. The van der Waals surface area contributed by atoms with Crippen molar-refractivity contribution in [3.8, 4) is 0 Å². The number of carbonyl (C=O) groups excluding carboxylic acids is 1. The minimum Gasteiger partial charge on any atom is -0.392 e. The van der Waals surface area contributed by atoms with Crippen LogP contribution in [0.4, 0.5) is 13.2 Å². The number of aliphatic hydroxyl groups is 1. The predicted molar refractivity (Wildman–Crippen MR) is 79.8 cm³/mol. The summed E-state index contributed by atoms with van der Waals surface area (Å²) in [4.78, 5) is 12.0. The molecule has 1 aromatic carbocycles. The number of alkyl halides is 3. The summed E-state index contributed by atoms with van der Waals surface area (Å²) in [5, 5.41) is 15.4. The first kappa shape index (κ1) is 17.7. The molecule has 23 heavy (non-hydrogen) atoms. The summed E-state index contributed by atoms with van der Waals surface area (Å²) in [5.41, 5.74) is -0.559. The van der Waals surface area contributed by atoms with Crippen LogP contribution in [0.2, 0.25) is 0 Å². The lowest BCUT2D eigenvalue weighted by Gasteiger charge is -2.17. The van der Waals surface area contributed by atoms with Gasteiger partial charge in [0.15, 0.2) is 0 Å². The van der Waals surface area contributed by atoms with Gasteiger partial charge in [-0.2, -0.15) is 13.2 Å². The Balaban J connectivity index is 1.87. The maximum absolute atomic E-state index is 12.9. The van der Waals surface area contributed by atoms with E-state index < -0.39 is 17.8 Å². The van der Waals surface area contributed by atoms with Gasteiger partial charge in [-0.3, -0.25) is 4.79 Å². The Morgan fingerprint density at radius 1 is 1.26 bits per heavy atom. The molecule has 0 aromatic heterocycles. The highest BCUT2D eigenvalue weighted by atomic mass is 19.4. The molecular weight excluding hydrogens is 309 g/mol. The van der Waals surface area contributed by atoms with E-state index in [1.807, 2.05) is 0 Å². The number of β-amino-alcohol motifs (C(OH)–C–C–N with tert-alkyl or cyclic N) is 1. The standard InChI is InChI=1S/C16H21F3N2O2/c17-16(18,19)14-4-2-1-3-11(14)5-8-15(23)21-12-6-7-13(22)10-20-9-12/h1-4,12-13,20,22H,5-10H2,(H,21,23)/t12-,13+/m0/s1. The van der Waals surface area contributed by atoms with Crippen molar-refractivity contribution in [3.63, 3.8) is 0 Å². The Hall–Kier alpha value is -1.60. The lowest BCUT2D eigenvalue weighted by molar-refractivity contribution is -0.138. The number of halogens is 3. The van der Waals surface area contributed by atoms with Crippen LogP contribution in [-0.4, -0.2) is 36.2 Å². The van der Waals surface area contributed by atoms with Crippen LogP contribution >= 0.6 is 0 Å². The first-order valence-electron chi connectivity index (χ1n) is 7.69. The molecule has 0 radical (unpaired) electrons. The summed E-state index contributed by atoms with van der Waals surface area (Å²) < 4.78 is 38.7. The Morgan fingerprint density at radius 2 is 2.00 bits per heavy atom. The Bertz CT molecular complexity index is 534. The molecule has 128 valence electrons. The van der Waals surface area contributed by atoms with Crippen LogP contribution in [0.1, 0.15) is 30.4 Å². The molecule has 0 bridgehead atoms. The molecule has 1 aliphatic heterocycles. The van der Waals surface area contributed by atoms with E-state index in [0.717, 1.165) is 6.07 Å². The second-order valence-electron chi connectivity index (χ2n) is 5.81. The predicted octanol–water partition coefficient (Wildman–Crippen LogP) is 1.87. The topological polar surface area (TPSA) is 61.4 Å². The van der Waals surface area contributed by atoms with Gasteiger partial charge in [-0.05, 0) is 30.9 Å². The van der Waals surface area contributed by atoms with Gasteiger partial charge in [-0.15, -0.1) is 0 Å². The summed E-state index contributed by atoms with van der Waals surface area (Å²) >= 11 is 0. The van der Waals surface area contributed by atoms with Crippen LogP contribution in [0.25, 0.3) is 0 Å². The second kappa shape index (κ2) is 7.79. The summed E-state index contributed by atoms with van der Waals surface area (Å²) in [6, 6.07) is 5.22. The van der Waals surface area contributed by atoms with Crippen molar-refractivity contribution in [3.05, 3.63) is 35.4 Å². The van der Waals surface area contributed by atoms with Crippen molar-refractivity contribution < 1.29 is 23.1 Å². The average molecular weight is 330 g/mol. The molecule has 0 unspecified atom stereocenters. The van der Waals surface area contributed by atoms with E-state index >= 15 is 0 Å². The second-order valence-corrected chi connectivity index (χ2v) is 5.81. The quantitative estimate of drug-likeness (QED) is 0.790. The third-order valence-electron chi connectivity index (χ3n) is 3.93. The molecule has 0 aliphatic carbocycles. The molecule has 1 amide bonds. The van der Waals surface area contributed by atoms with Crippen molar-refractivity contribution in [1.29, 1.82) is 0 Å². The Morgan fingerprint density at radius 3 is 2.74 bits per heavy atom. The number of hydrogen-bond donors (Lipinski definition) is 3. The highest BCUT2D eigenvalue weighted by molar-refractivity contribution is 5.76. The van der Waals surface area contributed by atoms with E-state index in [2.05, 4.69) is 10.6 Å². The fourth-order valence-electron chi connectivity index (χ4n) is 2.71. The number of nitrogens with one attached hydrogen (secondary N) is 2. The van der Waals surface area contributed by atoms with Crippen LogP contribution < -0.4 is 10.6 Å². The van der Waals surface area contributed by atoms with Crippen molar-refractivity contribution >= 4 is 5.91 Å². The summed E-state index contributed by atoms with van der Waals surface area (Å²) in [7, 11) is 0. The highest BCUT2D eigenvalue weighted by Gasteiger charge is 2.32. The summed E-state index contributed by atoms with van der Waals surface area (Å²) in [6.45, 7) is 1.05. The number of carbonyl (C=O) groups is 1. The fraction of sp³-hybridized carbons (Fsp3) is 0.562. The zero-order valence-corrected chi connectivity index (χ0v) is 12.7. The van der Waals surface area contributed by atoms with Gasteiger partial charge in [-0.25, -0.2) is 0 Å². The number of benzene rings is 1. The number of amides is 1. The van der Waals surface area contributed by atoms with Crippen LogP contribution in [0.15, 0.2) is 24.3 Å². The maximum atomic E-state index is 12.9. The van der Waals surface area contributed by atoms with Gasteiger partial charge in [0.25, 0.3) is 0 Å². The minimum atomic E-state index is -4.41. The summed E-state index contributed by atoms with van der Waals surface area (Å²) in [5.74, 6) is -0.273. The Kier molecular flexibility index (Phi) is 6.01. The van der Waals surface area contributed by atoms with Crippen molar-refractivity contribution in [2.24, 2.45) is 0 Å². The monoisotopic (exact) mass is 330 g/mol. The van der Waals surface area contributed by atoms with E-state index in [1.54, 1.807) is 6.07 Å². The third kappa shape index (κ3) is 5.51. The number of hydrogen-bond acceptors (Lipinski definition) is 3. The van der Waals surface area contributed by atoms with Crippen molar-refractivity contribution in [2.75, 3.05) is 13.1 Å². The van der Waals surface area contributed by atoms with Gasteiger partial charge in [0, 0.05) is 25.6 Å². The van der Waals surface area contributed by atoms with Gasteiger partial charge in [-0.1, -0.05) is 18.2 Å². The molecular formula is C16H21F3N2O2. The van der Waals surface area contributed by atoms with Gasteiger partial charge >= 0.3 is 6.18 Å². The molecule has 1 aromatic rings. The lowest BCUT2D eigenvalue weighted by Crippen LogP contribution is -2.41. The lowest BCUT2D eigenvalue weighted by atomic mass is 10.0. The molecule has 1 fully saturated rings. The molecule has 7 heteroatoms. The molecule has 4 nitrogen and oxygen atoms in total.